The summed E-state index contributed by atoms with van der Waals surface area (Å²) in [6.07, 6.45) is 0. The normalized spacial score (nSPS) is 15.4. The van der Waals surface area contributed by atoms with E-state index in [2.05, 4.69) is 5.10 Å². The van der Waals surface area contributed by atoms with Gasteiger partial charge in [0.05, 0.1) is 15.7 Å². The molecular formula is C20H20N4O5S. The Hall–Kier alpha value is -3.24. The van der Waals surface area contributed by atoms with Gasteiger partial charge in [0, 0.05) is 26.2 Å². The molecule has 0 spiro atoms. The molecule has 0 aliphatic carbocycles. The summed E-state index contributed by atoms with van der Waals surface area (Å²) >= 11 is 0. The van der Waals surface area contributed by atoms with Crippen molar-refractivity contribution >= 4 is 26.7 Å². The van der Waals surface area contributed by atoms with Crippen molar-refractivity contribution in [1.82, 2.24) is 19.0 Å². The lowest BCUT2D eigenvalue weighted by molar-refractivity contribution is -0.133. The highest BCUT2D eigenvalue weighted by atomic mass is 32.2. The van der Waals surface area contributed by atoms with Crippen LogP contribution in [0, 0.1) is 0 Å². The molecule has 30 heavy (non-hydrogen) atoms. The molecule has 0 bridgehead atoms. The third kappa shape index (κ3) is 3.66. The SMILES string of the molecule is O=C(Cn1[nH]c(=O)c2ccccc2c1=O)N1CCN(S(=O)(=O)c2ccccc2)CC1. The monoisotopic (exact) mass is 428 g/mol. The standard InChI is InChI=1S/C20H20N4O5S/c25-18(14-24-20(27)17-9-5-4-8-16(17)19(26)21-24)22-10-12-23(13-11-22)30(28,29)15-6-2-1-3-7-15/h1-9H,10-14H2,(H,21,26). The number of piperazine rings is 1. The van der Waals surface area contributed by atoms with Crippen LogP contribution in [0.4, 0.5) is 0 Å². The van der Waals surface area contributed by atoms with E-state index in [0.29, 0.717) is 0 Å². The third-order valence-electron chi connectivity index (χ3n) is 5.15. The van der Waals surface area contributed by atoms with Crippen molar-refractivity contribution in [1.29, 1.82) is 0 Å². The van der Waals surface area contributed by atoms with Crippen LogP contribution in [0.25, 0.3) is 10.8 Å². The van der Waals surface area contributed by atoms with Crippen LogP contribution in [0.5, 0.6) is 0 Å². The summed E-state index contributed by atoms with van der Waals surface area (Å²) in [4.78, 5) is 39.1. The highest BCUT2D eigenvalue weighted by Gasteiger charge is 2.30. The maximum absolute atomic E-state index is 12.7. The Morgan fingerprint density at radius 2 is 1.47 bits per heavy atom. The van der Waals surface area contributed by atoms with Crippen LogP contribution >= 0.6 is 0 Å². The number of fused-ring (bicyclic) bond motifs is 1. The van der Waals surface area contributed by atoms with Gasteiger partial charge in [-0.25, -0.2) is 13.1 Å². The molecule has 4 rings (SSSR count). The van der Waals surface area contributed by atoms with Crippen LogP contribution in [0.3, 0.4) is 0 Å². The number of hydrogen-bond donors (Lipinski definition) is 1. The van der Waals surface area contributed by atoms with Gasteiger partial charge in [0.2, 0.25) is 15.9 Å². The van der Waals surface area contributed by atoms with Gasteiger partial charge in [-0.2, -0.15) is 4.31 Å². The predicted octanol–water partition coefficient (Wildman–Crippen LogP) is 0.223. The fourth-order valence-corrected chi connectivity index (χ4v) is 4.96. The number of amides is 1. The van der Waals surface area contributed by atoms with E-state index in [1.165, 1.54) is 21.3 Å². The summed E-state index contributed by atoms with van der Waals surface area (Å²) in [7, 11) is -3.61. The predicted molar refractivity (Wildman–Crippen MR) is 111 cm³/mol. The first-order chi connectivity index (χ1) is 14.4. The molecule has 1 aliphatic heterocycles. The third-order valence-corrected chi connectivity index (χ3v) is 7.06. The van der Waals surface area contributed by atoms with E-state index < -0.39 is 21.1 Å². The van der Waals surface area contributed by atoms with E-state index in [4.69, 9.17) is 0 Å². The van der Waals surface area contributed by atoms with Crippen LogP contribution in [-0.4, -0.2) is 59.5 Å². The number of aromatic nitrogens is 2. The molecule has 1 fully saturated rings. The molecule has 1 N–H and O–H groups in total. The molecule has 3 aromatic rings. The largest absolute Gasteiger partial charge is 0.338 e. The number of H-pyrrole nitrogens is 1. The molecule has 1 aliphatic rings. The van der Waals surface area contributed by atoms with Crippen LogP contribution in [0.1, 0.15) is 0 Å². The van der Waals surface area contributed by atoms with Gasteiger partial charge in [0.15, 0.2) is 0 Å². The molecule has 156 valence electrons. The minimum atomic E-state index is -3.61. The zero-order valence-corrected chi connectivity index (χ0v) is 16.8. The van der Waals surface area contributed by atoms with E-state index in [9.17, 15) is 22.8 Å². The van der Waals surface area contributed by atoms with Gasteiger partial charge in [-0.3, -0.25) is 19.5 Å². The molecule has 0 saturated carbocycles. The molecule has 1 aromatic heterocycles. The topological polar surface area (TPSA) is 113 Å². The van der Waals surface area contributed by atoms with E-state index in [1.54, 1.807) is 42.5 Å². The van der Waals surface area contributed by atoms with Crippen molar-refractivity contribution in [2.75, 3.05) is 26.2 Å². The molecule has 10 heteroatoms. The molecular weight excluding hydrogens is 408 g/mol. The van der Waals surface area contributed by atoms with Crippen LogP contribution < -0.4 is 11.1 Å². The number of rotatable bonds is 4. The van der Waals surface area contributed by atoms with Crippen LogP contribution in [0.2, 0.25) is 0 Å². The fourth-order valence-electron chi connectivity index (χ4n) is 3.51. The molecule has 1 amide bonds. The molecule has 1 saturated heterocycles. The molecule has 0 unspecified atom stereocenters. The number of sulfonamides is 1. The molecule has 9 nitrogen and oxygen atoms in total. The average molecular weight is 428 g/mol. The summed E-state index contributed by atoms with van der Waals surface area (Å²) in [5, 5.41) is 2.95. The van der Waals surface area contributed by atoms with E-state index in [0.717, 1.165) is 4.68 Å². The lowest BCUT2D eigenvalue weighted by Crippen LogP contribution is -2.51. The first kappa shape index (κ1) is 20.0. The summed E-state index contributed by atoms with van der Waals surface area (Å²) < 4.78 is 27.7. The lowest BCUT2D eigenvalue weighted by atomic mass is 10.2. The Balaban J connectivity index is 1.47. The smallest absolute Gasteiger partial charge is 0.273 e. The van der Waals surface area contributed by atoms with Crippen molar-refractivity contribution in [2.45, 2.75) is 11.4 Å². The summed E-state index contributed by atoms with van der Waals surface area (Å²) in [6, 6.07) is 14.6. The minimum Gasteiger partial charge on any atom is -0.338 e. The van der Waals surface area contributed by atoms with Gasteiger partial charge in [0.25, 0.3) is 11.1 Å². The quantitative estimate of drug-likeness (QED) is 0.639. The zero-order chi connectivity index (χ0) is 21.3. The molecule has 0 atom stereocenters. The van der Waals surface area contributed by atoms with Crippen molar-refractivity contribution in [2.24, 2.45) is 0 Å². The number of hydrogen-bond acceptors (Lipinski definition) is 5. The Labute approximate surface area is 172 Å². The van der Waals surface area contributed by atoms with Gasteiger partial charge in [-0.1, -0.05) is 30.3 Å². The Morgan fingerprint density at radius 1 is 0.867 bits per heavy atom. The number of nitrogens with zero attached hydrogens (tertiary/aromatic N) is 3. The highest BCUT2D eigenvalue weighted by molar-refractivity contribution is 7.89. The molecule has 2 heterocycles. The van der Waals surface area contributed by atoms with Gasteiger partial charge in [0.1, 0.15) is 6.54 Å². The number of aromatic amines is 1. The zero-order valence-electron chi connectivity index (χ0n) is 16.0. The number of carbonyl (C=O) groups is 1. The highest BCUT2D eigenvalue weighted by Crippen LogP contribution is 2.17. The van der Waals surface area contributed by atoms with Crippen molar-refractivity contribution in [3.63, 3.8) is 0 Å². The van der Waals surface area contributed by atoms with Crippen molar-refractivity contribution in [3.05, 3.63) is 75.3 Å². The van der Waals surface area contributed by atoms with E-state index in [1.807, 2.05) is 0 Å². The first-order valence-corrected chi connectivity index (χ1v) is 10.9. The maximum Gasteiger partial charge on any atom is 0.273 e. The van der Waals surface area contributed by atoms with Crippen LogP contribution in [-0.2, 0) is 21.4 Å². The summed E-state index contributed by atoms with van der Waals surface area (Å²) in [5.41, 5.74) is -0.902. The van der Waals surface area contributed by atoms with Gasteiger partial charge in [-0.15, -0.1) is 0 Å². The Bertz CT molecular complexity index is 1310. The second kappa shape index (κ2) is 7.88. The summed E-state index contributed by atoms with van der Waals surface area (Å²) in [5.74, 6) is -0.361. The van der Waals surface area contributed by atoms with E-state index >= 15 is 0 Å². The van der Waals surface area contributed by atoms with Gasteiger partial charge >= 0.3 is 0 Å². The molecule has 0 radical (unpaired) electrons. The average Bonchev–Trinajstić information content (AvgIpc) is 2.78. The molecule has 2 aromatic carbocycles. The van der Waals surface area contributed by atoms with Gasteiger partial charge in [-0.05, 0) is 24.3 Å². The Morgan fingerprint density at radius 3 is 2.13 bits per heavy atom. The van der Waals surface area contributed by atoms with Crippen molar-refractivity contribution < 1.29 is 13.2 Å². The number of benzene rings is 2. The fraction of sp³-hybridized carbons (Fsp3) is 0.250. The second-order valence-electron chi connectivity index (χ2n) is 6.98. The first-order valence-electron chi connectivity index (χ1n) is 9.43. The maximum atomic E-state index is 12.7. The number of carbonyl (C=O) groups excluding carboxylic acids is 1. The lowest BCUT2D eigenvalue weighted by Gasteiger charge is -2.34. The second-order valence-corrected chi connectivity index (χ2v) is 8.91. The minimum absolute atomic E-state index is 0.159. The summed E-state index contributed by atoms with van der Waals surface area (Å²) in [6.45, 7) is 0.414. The number of nitrogens with one attached hydrogen (secondary N) is 1. The Kier molecular flexibility index (Phi) is 5.27. The van der Waals surface area contributed by atoms with E-state index in [-0.39, 0.29) is 54.3 Å². The van der Waals surface area contributed by atoms with Crippen LogP contribution in [0.15, 0.2) is 69.1 Å². The van der Waals surface area contributed by atoms with Crippen molar-refractivity contribution in [3.8, 4) is 0 Å². The van der Waals surface area contributed by atoms with Gasteiger partial charge < -0.3 is 4.90 Å².